The minimum Gasteiger partial charge on any atom is -0.465 e. The third kappa shape index (κ3) is 5.88. The molecule has 0 radical (unpaired) electrons. The molecule has 1 atom stereocenters. The highest BCUT2D eigenvalue weighted by Gasteiger charge is 2.26. The van der Waals surface area contributed by atoms with Gasteiger partial charge in [-0.1, -0.05) is 12.1 Å². The van der Waals surface area contributed by atoms with Crippen molar-refractivity contribution in [3.63, 3.8) is 0 Å². The third-order valence-corrected chi connectivity index (χ3v) is 5.24. The third-order valence-electron chi connectivity index (χ3n) is 5.24. The number of likely N-dealkylation sites (tertiary alicyclic amines) is 1. The summed E-state index contributed by atoms with van der Waals surface area (Å²) < 4.78 is 22.6. The Bertz CT molecular complexity index is 927. The molecule has 1 fully saturated rings. The molecule has 0 aliphatic carbocycles. The van der Waals surface area contributed by atoms with E-state index in [1.54, 1.807) is 12.1 Å². The van der Waals surface area contributed by atoms with Crippen LogP contribution in [-0.2, 0) is 20.8 Å². The molecule has 8 heteroatoms. The average molecular weight is 428 g/mol. The van der Waals surface area contributed by atoms with E-state index >= 15 is 0 Å². The molecular weight excluding hydrogens is 403 g/mol. The molecule has 31 heavy (non-hydrogen) atoms. The van der Waals surface area contributed by atoms with Crippen LogP contribution >= 0.6 is 0 Å². The highest BCUT2D eigenvalue weighted by atomic mass is 19.1. The van der Waals surface area contributed by atoms with Crippen molar-refractivity contribution in [2.75, 3.05) is 32.6 Å². The van der Waals surface area contributed by atoms with Gasteiger partial charge in [-0.25, -0.2) is 14.0 Å². The summed E-state index contributed by atoms with van der Waals surface area (Å²) in [6.07, 6.45) is 1.58. The molecule has 0 bridgehead atoms. The number of benzene rings is 2. The van der Waals surface area contributed by atoms with Crippen LogP contribution in [-0.4, -0.2) is 50.1 Å². The maximum absolute atomic E-state index is 13.1. The number of carbonyl (C=O) groups excluding carboxylic acids is 3. The van der Waals surface area contributed by atoms with Crippen LogP contribution < -0.4 is 5.32 Å². The van der Waals surface area contributed by atoms with Gasteiger partial charge in [-0.3, -0.25) is 9.69 Å². The number of carbonyl (C=O) groups is 3. The molecule has 7 nitrogen and oxygen atoms in total. The Hall–Kier alpha value is -3.26. The van der Waals surface area contributed by atoms with Gasteiger partial charge < -0.3 is 14.8 Å². The van der Waals surface area contributed by atoms with Crippen molar-refractivity contribution < 1.29 is 28.2 Å². The van der Waals surface area contributed by atoms with Gasteiger partial charge >= 0.3 is 11.9 Å². The number of esters is 2. The van der Waals surface area contributed by atoms with Crippen LogP contribution in [0.4, 0.5) is 10.1 Å². The highest BCUT2D eigenvalue weighted by molar-refractivity contribution is 6.00. The van der Waals surface area contributed by atoms with Crippen LogP contribution in [0.1, 0.15) is 39.1 Å². The summed E-state index contributed by atoms with van der Waals surface area (Å²) in [6.45, 7) is 2.05. The fourth-order valence-electron chi connectivity index (χ4n) is 3.68. The number of amides is 1. The topological polar surface area (TPSA) is 84.9 Å². The monoisotopic (exact) mass is 428 g/mol. The van der Waals surface area contributed by atoms with Gasteiger partial charge in [0.1, 0.15) is 5.82 Å². The Labute approximate surface area is 180 Å². The molecule has 1 saturated heterocycles. The summed E-state index contributed by atoms with van der Waals surface area (Å²) in [5, 5.41) is 2.81. The van der Waals surface area contributed by atoms with Gasteiger partial charge in [0, 0.05) is 18.8 Å². The minimum absolute atomic E-state index is 0.141. The normalized spacial score (nSPS) is 16.4. The van der Waals surface area contributed by atoms with Crippen LogP contribution in [0.3, 0.4) is 0 Å². The van der Waals surface area contributed by atoms with E-state index in [-0.39, 0.29) is 28.8 Å². The summed E-state index contributed by atoms with van der Waals surface area (Å²) in [5.74, 6) is -1.96. The lowest BCUT2D eigenvalue weighted by Crippen LogP contribution is -2.40. The zero-order chi connectivity index (χ0) is 22.4. The van der Waals surface area contributed by atoms with Gasteiger partial charge in [-0.05, 0) is 55.3 Å². The first-order valence-electron chi connectivity index (χ1n) is 9.99. The lowest BCUT2D eigenvalue weighted by molar-refractivity contribution is -0.121. The zero-order valence-corrected chi connectivity index (χ0v) is 17.5. The number of anilines is 1. The van der Waals surface area contributed by atoms with Crippen molar-refractivity contribution in [1.82, 2.24) is 4.90 Å². The molecule has 164 valence electrons. The van der Waals surface area contributed by atoms with Crippen LogP contribution in [0, 0.1) is 11.7 Å². The largest absolute Gasteiger partial charge is 0.465 e. The number of rotatable bonds is 6. The van der Waals surface area contributed by atoms with Crippen LogP contribution in [0.25, 0.3) is 0 Å². The van der Waals surface area contributed by atoms with Crippen molar-refractivity contribution in [1.29, 1.82) is 0 Å². The van der Waals surface area contributed by atoms with Crippen LogP contribution in [0.15, 0.2) is 42.5 Å². The number of methoxy groups -OCH3 is 2. The standard InChI is InChI=1S/C23H25FN2O5/c1-30-22(28)17-10-18(23(29)31-2)12-20(11-17)25-21(27)16-4-3-9-26(14-16)13-15-5-7-19(24)8-6-15/h5-8,10-12,16H,3-4,9,13-14H2,1-2H3,(H,25,27). The van der Waals surface area contributed by atoms with Gasteiger partial charge in [0.15, 0.2) is 0 Å². The number of nitrogens with one attached hydrogen (secondary N) is 1. The van der Waals surface area contributed by atoms with Gasteiger partial charge in [0.2, 0.25) is 5.91 Å². The summed E-state index contributed by atoms with van der Waals surface area (Å²) >= 11 is 0. The van der Waals surface area contributed by atoms with Crippen molar-refractivity contribution in [3.8, 4) is 0 Å². The maximum atomic E-state index is 13.1. The van der Waals surface area contributed by atoms with E-state index in [2.05, 4.69) is 10.2 Å². The SMILES string of the molecule is COC(=O)c1cc(NC(=O)C2CCCN(Cc3ccc(F)cc3)C2)cc(C(=O)OC)c1. The molecule has 0 saturated carbocycles. The van der Waals surface area contributed by atoms with E-state index in [1.807, 2.05) is 0 Å². The second-order valence-corrected chi connectivity index (χ2v) is 7.47. The molecule has 1 aliphatic rings. The van der Waals surface area contributed by atoms with Crippen molar-refractivity contribution in [2.24, 2.45) is 5.92 Å². The number of hydrogen-bond donors (Lipinski definition) is 1. The first-order chi connectivity index (χ1) is 14.9. The quantitative estimate of drug-likeness (QED) is 0.711. The predicted octanol–water partition coefficient (Wildman–Crippen LogP) is 3.25. The first-order valence-corrected chi connectivity index (χ1v) is 9.99. The molecule has 1 amide bonds. The molecule has 1 N–H and O–H groups in total. The average Bonchev–Trinajstić information content (AvgIpc) is 2.79. The fraction of sp³-hybridized carbons (Fsp3) is 0.348. The Morgan fingerprint density at radius 3 is 2.23 bits per heavy atom. The lowest BCUT2D eigenvalue weighted by Gasteiger charge is -2.32. The van der Waals surface area contributed by atoms with E-state index in [1.165, 1.54) is 44.6 Å². The van der Waals surface area contributed by atoms with Gasteiger partial charge in [0.05, 0.1) is 31.3 Å². The first kappa shape index (κ1) is 22.4. The second kappa shape index (κ2) is 10.2. The van der Waals surface area contributed by atoms with Gasteiger partial charge in [-0.15, -0.1) is 0 Å². The predicted molar refractivity (Wildman–Crippen MR) is 112 cm³/mol. The van der Waals surface area contributed by atoms with E-state index in [9.17, 15) is 18.8 Å². The van der Waals surface area contributed by atoms with E-state index in [0.717, 1.165) is 24.9 Å². The lowest BCUT2D eigenvalue weighted by atomic mass is 9.96. The molecule has 3 rings (SSSR count). The molecular formula is C23H25FN2O5. The Kier molecular flexibility index (Phi) is 7.36. The highest BCUT2D eigenvalue weighted by Crippen LogP contribution is 2.22. The van der Waals surface area contributed by atoms with Crippen LogP contribution in [0.2, 0.25) is 0 Å². The Morgan fingerprint density at radius 1 is 1.03 bits per heavy atom. The molecule has 0 aromatic heterocycles. The van der Waals surface area contributed by atoms with Crippen molar-refractivity contribution in [3.05, 3.63) is 65.0 Å². The summed E-state index contributed by atoms with van der Waals surface area (Å²) in [6, 6.07) is 10.6. The van der Waals surface area contributed by atoms with Crippen molar-refractivity contribution in [2.45, 2.75) is 19.4 Å². The number of ether oxygens (including phenoxy) is 2. The second-order valence-electron chi connectivity index (χ2n) is 7.47. The maximum Gasteiger partial charge on any atom is 0.337 e. The molecule has 1 aliphatic heterocycles. The van der Waals surface area contributed by atoms with E-state index in [4.69, 9.17) is 9.47 Å². The van der Waals surface area contributed by atoms with Gasteiger partial charge in [-0.2, -0.15) is 0 Å². The Morgan fingerprint density at radius 2 is 1.65 bits per heavy atom. The number of hydrogen-bond acceptors (Lipinski definition) is 6. The molecule has 1 unspecified atom stereocenters. The molecule has 2 aromatic rings. The number of halogens is 1. The smallest absolute Gasteiger partial charge is 0.337 e. The zero-order valence-electron chi connectivity index (χ0n) is 17.5. The summed E-state index contributed by atoms with van der Waals surface area (Å²) in [4.78, 5) is 38.9. The molecule has 0 spiro atoms. The fourth-order valence-corrected chi connectivity index (χ4v) is 3.68. The van der Waals surface area contributed by atoms with Gasteiger partial charge in [0.25, 0.3) is 0 Å². The number of piperidine rings is 1. The van der Waals surface area contributed by atoms with Crippen molar-refractivity contribution >= 4 is 23.5 Å². The molecule has 2 aromatic carbocycles. The van der Waals surface area contributed by atoms with E-state index < -0.39 is 11.9 Å². The Balaban J connectivity index is 1.70. The number of nitrogens with zero attached hydrogens (tertiary/aromatic N) is 1. The molecule has 1 heterocycles. The summed E-state index contributed by atoms with van der Waals surface area (Å²) in [7, 11) is 2.48. The van der Waals surface area contributed by atoms with Crippen LogP contribution in [0.5, 0.6) is 0 Å². The van der Waals surface area contributed by atoms with E-state index in [0.29, 0.717) is 18.8 Å². The summed E-state index contributed by atoms with van der Waals surface area (Å²) in [5.41, 5.74) is 1.59. The minimum atomic E-state index is -0.621.